The highest BCUT2D eigenvalue weighted by Gasteiger charge is 2.14. The molecule has 3 aromatic rings. The number of anilines is 2. The van der Waals surface area contributed by atoms with E-state index in [4.69, 9.17) is 22.1 Å². The van der Waals surface area contributed by atoms with Crippen LogP contribution in [-0.2, 0) is 10.0 Å². The molecule has 3 aromatic carbocycles. The Balaban J connectivity index is 1.79. The Hall–Kier alpha value is -2.70. The number of nitrogen functional groups attached to an aromatic ring is 1. The van der Waals surface area contributed by atoms with E-state index >= 15 is 0 Å². The van der Waals surface area contributed by atoms with Crippen molar-refractivity contribution in [2.24, 2.45) is 0 Å². The smallest absolute Gasteiger partial charge is 0.261 e. The molecular formula is C18H15ClN2O3S. The van der Waals surface area contributed by atoms with Gasteiger partial charge in [-0.1, -0.05) is 35.9 Å². The van der Waals surface area contributed by atoms with Crippen molar-refractivity contribution in [2.45, 2.75) is 4.90 Å². The number of halogens is 1. The molecule has 25 heavy (non-hydrogen) atoms. The van der Waals surface area contributed by atoms with Gasteiger partial charge >= 0.3 is 0 Å². The maximum Gasteiger partial charge on any atom is 0.261 e. The van der Waals surface area contributed by atoms with Crippen LogP contribution >= 0.6 is 11.6 Å². The molecule has 7 heteroatoms. The fraction of sp³-hybridized carbons (Fsp3) is 0. The Morgan fingerprint density at radius 3 is 2.24 bits per heavy atom. The van der Waals surface area contributed by atoms with Crippen LogP contribution in [0.25, 0.3) is 0 Å². The van der Waals surface area contributed by atoms with E-state index in [2.05, 4.69) is 4.72 Å². The molecule has 0 amide bonds. The largest absolute Gasteiger partial charge is 0.455 e. The van der Waals surface area contributed by atoms with Crippen LogP contribution < -0.4 is 15.2 Å². The predicted octanol–water partition coefficient (Wildman–Crippen LogP) is 4.52. The lowest BCUT2D eigenvalue weighted by Gasteiger charge is -2.11. The molecule has 0 aliphatic carbocycles. The van der Waals surface area contributed by atoms with Gasteiger partial charge in [0.1, 0.15) is 5.75 Å². The lowest BCUT2D eigenvalue weighted by molar-refractivity contribution is 0.484. The van der Waals surface area contributed by atoms with Crippen LogP contribution in [0.4, 0.5) is 11.4 Å². The van der Waals surface area contributed by atoms with Crippen molar-refractivity contribution < 1.29 is 13.2 Å². The Morgan fingerprint density at radius 1 is 0.880 bits per heavy atom. The lowest BCUT2D eigenvalue weighted by atomic mass is 10.3. The van der Waals surface area contributed by atoms with Gasteiger partial charge in [0.2, 0.25) is 0 Å². The van der Waals surface area contributed by atoms with Crippen molar-refractivity contribution in [2.75, 3.05) is 10.5 Å². The van der Waals surface area contributed by atoms with Crippen molar-refractivity contribution in [3.05, 3.63) is 77.8 Å². The van der Waals surface area contributed by atoms with Gasteiger partial charge in [0.05, 0.1) is 15.6 Å². The topological polar surface area (TPSA) is 81.4 Å². The van der Waals surface area contributed by atoms with Gasteiger partial charge in [-0.05, 0) is 48.5 Å². The van der Waals surface area contributed by atoms with Crippen molar-refractivity contribution in [3.63, 3.8) is 0 Å². The first kappa shape index (κ1) is 17.1. The van der Waals surface area contributed by atoms with Gasteiger partial charge in [-0.15, -0.1) is 0 Å². The van der Waals surface area contributed by atoms with Crippen LogP contribution in [0, 0.1) is 0 Å². The molecule has 0 saturated carbocycles. The average Bonchev–Trinajstić information content (AvgIpc) is 2.60. The number of hydrogen-bond donors (Lipinski definition) is 2. The molecular weight excluding hydrogens is 360 g/mol. The number of ether oxygens (including phenoxy) is 1. The summed E-state index contributed by atoms with van der Waals surface area (Å²) in [5, 5.41) is 0.392. The van der Waals surface area contributed by atoms with E-state index in [1.54, 1.807) is 54.6 Å². The summed E-state index contributed by atoms with van der Waals surface area (Å²) in [4.78, 5) is 0.128. The summed E-state index contributed by atoms with van der Waals surface area (Å²) in [6.07, 6.45) is 0. The minimum Gasteiger partial charge on any atom is -0.455 e. The number of para-hydroxylation sites is 2. The zero-order valence-electron chi connectivity index (χ0n) is 13.0. The molecule has 0 unspecified atom stereocenters. The zero-order valence-corrected chi connectivity index (χ0v) is 14.6. The maximum atomic E-state index is 12.4. The lowest BCUT2D eigenvalue weighted by Crippen LogP contribution is -2.12. The number of rotatable bonds is 5. The van der Waals surface area contributed by atoms with Gasteiger partial charge < -0.3 is 10.5 Å². The SMILES string of the molecule is Nc1c(Cl)cccc1Oc1ccc(S(=O)(=O)Nc2ccccc2)cc1. The summed E-state index contributed by atoms with van der Waals surface area (Å²) in [5.74, 6) is 0.859. The van der Waals surface area contributed by atoms with Gasteiger partial charge in [-0.3, -0.25) is 4.72 Å². The van der Waals surface area contributed by atoms with Gasteiger partial charge in [0, 0.05) is 5.69 Å². The van der Waals surface area contributed by atoms with Gasteiger partial charge in [0.15, 0.2) is 5.75 Å². The normalized spacial score (nSPS) is 11.1. The second-order valence-electron chi connectivity index (χ2n) is 5.20. The maximum absolute atomic E-state index is 12.4. The third-order valence-electron chi connectivity index (χ3n) is 3.40. The molecule has 5 nitrogen and oxygen atoms in total. The molecule has 0 fully saturated rings. The van der Waals surface area contributed by atoms with Crippen molar-refractivity contribution in [1.29, 1.82) is 0 Å². The van der Waals surface area contributed by atoms with Crippen LogP contribution in [-0.4, -0.2) is 8.42 Å². The Bertz CT molecular complexity index is 975. The number of nitrogens with one attached hydrogen (secondary N) is 1. The molecule has 0 aromatic heterocycles. The van der Waals surface area contributed by atoms with Gasteiger partial charge in [0.25, 0.3) is 10.0 Å². The molecule has 0 aliphatic heterocycles. The average molecular weight is 375 g/mol. The highest BCUT2D eigenvalue weighted by molar-refractivity contribution is 7.92. The van der Waals surface area contributed by atoms with Crippen LogP contribution in [0.3, 0.4) is 0 Å². The molecule has 0 bridgehead atoms. The summed E-state index contributed by atoms with van der Waals surface area (Å²) in [6.45, 7) is 0. The Kier molecular flexibility index (Phi) is 4.83. The highest BCUT2D eigenvalue weighted by Crippen LogP contribution is 2.32. The van der Waals surface area contributed by atoms with Crippen LogP contribution in [0.15, 0.2) is 77.7 Å². The van der Waals surface area contributed by atoms with Gasteiger partial charge in [-0.25, -0.2) is 8.42 Å². The van der Waals surface area contributed by atoms with E-state index in [9.17, 15) is 8.42 Å². The predicted molar refractivity (Wildman–Crippen MR) is 99.6 cm³/mol. The monoisotopic (exact) mass is 374 g/mol. The molecule has 0 radical (unpaired) electrons. The molecule has 0 saturated heterocycles. The minimum absolute atomic E-state index is 0.128. The molecule has 3 rings (SSSR count). The third-order valence-corrected chi connectivity index (χ3v) is 5.13. The van der Waals surface area contributed by atoms with Crippen molar-refractivity contribution in [1.82, 2.24) is 0 Å². The molecule has 0 atom stereocenters. The van der Waals surface area contributed by atoms with E-state index in [-0.39, 0.29) is 4.90 Å². The second-order valence-corrected chi connectivity index (χ2v) is 7.29. The number of benzene rings is 3. The first-order chi connectivity index (χ1) is 12.0. The number of sulfonamides is 1. The minimum atomic E-state index is -3.67. The second kappa shape index (κ2) is 7.04. The molecule has 3 N–H and O–H groups in total. The van der Waals surface area contributed by atoms with Gasteiger partial charge in [-0.2, -0.15) is 0 Å². The summed E-state index contributed by atoms with van der Waals surface area (Å²) in [5.41, 5.74) is 6.67. The molecule has 0 heterocycles. The van der Waals surface area contributed by atoms with Crippen molar-refractivity contribution >= 4 is 33.0 Å². The fourth-order valence-electron chi connectivity index (χ4n) is 2.14. The van der Waals surface area contributed by atoms with E-state index in [1.165, 1.54) is 12.1 Å². The summed E-state index contributed by atoms with van der Waals surface area (Å²) < 4.78 is 32.9. The zero-order chi connectivity index (χ0) is 17.9. The first-order valence-electron chi connectivity index (χ1n) is 7.35. The van der Waals surface area contributed by atoms with Crippen molar-refractivity contribution in [3.8, 4) is 11.5 Å². The Morgan fingerprint density at radius 2 is 1.56 bits per heavy atom. The first-order valence-corrected chi connectivity index (χ1v) is 9.21. The quantitative estimate of drug-likeness (QED) is 0.643. The molecule has 128 valence electrons. The van der Waals surface area contributed by atoms with Crippen LogP contribution in [0.1, 0.15) is 0 Å². The summed E-state index contributed by atoms with van der Waals surface area (Å²) in [6, 6.07) is 19.8. The summed E-state index contributed by atoms with van der Waals surface area (Å²) in [7, 11) is -3.67. The highest BCUT2D eigenvalue weighted by atomic mass is 35.5. The fourth-order valence-corrected chi connectivity index (χ4v) is 3.36. The van der Waals surface area contributed by atoms with Crippen LogP contribution in [0.5, 0.6) is 11.5 Å². The third kappa shape index (κ3) is 4.04. The van der Waals surface area contributed by atoms with E-state index in [0.717, 1.165) is 0 Å². The number of nitrogens with two attached hydrogens (primary N) is 1. The Labute approximate surface area is 151 Å². The molecule has 0 aliphatic rings. The molecule has 0 spiro atoms. The van der Waals surface area contributed by atoms with E-state index < -0.39 is 10.0 Å². The summed E-state index contributed by atoms with van der Waals surface area (Å²) >= 11 is 5.95. The standard InChI is InChI=1S/C18H15ClN2O3S/c19-16-7-4-8-17(18(16)20)24-14-9-11-15(12-10-14)25(22,23)21-13-5-2-1-3-6-13/h1-12,21H,20H2. The number of hydrogen-bond acceptors (Lipinski definition) is 4. The van der Waals surface area contributed by atoms with E-state index in [0.29, 0.717) is 27.9 Å². The van der Waals surface area contributed by atoms with Crippen LogP contribution in [0.2, 0.25) is 5.02 Å². The van der Waals surface area contributed by atoms with E-state index in [1.807, 2.05) is 6.07 Å².